The maximum Gasteiger partial charge on any atom is 0.217 e. The fraction of sp³-hybridized carbons (Fsp3) is 0.939. The summed E-state index contributed by atoms with van der Waals surface area (Å²) in [5.74, 6) is -1.96. The van der Waals surface area contributed by atoms with E-state index in [1.54, 1.807) is 0 Å². The quantitative estimate of drug-likeness (QED) is 0.0399. The Morgan fingerprint density at radius 1 is 0.341 bits per heavy atom. The molecule has 7 saturated heterocycles. The van der Waals surface area contributed by atoms with Gasteiger partial charge in [0.2, 0.25) is 11.8 Å². The second-order valence-electron chi connectivity index (χ2n) is 22.1. The van der Waals surface area contributed by atoms with Crippen LogP contribution in [-0.2, 0) is 76.0 Å². The largest absolute Gasteiger partial charge is 0.394 e. The Kier molecular flexibility index (Phi) is 26.8. The lowest BCUT2D eigenvalue weighted by Gasteiger charge is -2.50. The standard InChI is InChI=1S/C49H81BrN2O36/c1-12(58)51-23-15(3-14(60)4-50)78-19(8-56)40(30(23)66)85-44-24(52-13(2)59)31(67)41(20(9-57)82-44)86-49-39(75)43(88-48-37(73)34(70)27(63)18(7-55)81-48)29(65)22(84-49)11-77-46-38(74)42(87-47-36(72)33(69)26(62)17(6-54)80-47)28(64)21(83-46)10-76-45-35(71)32(68)25(61)16(5-53)79-45/h15-49,53-57,61-75H,3-11H2,1-2H3,(H,51,58)(H,52,59)/t15-,16?,17?,18?,19?,20?,21?,22?,23?,24?,25-,26-,27-,28-,29-,30+,31+,32-,33-,34?,35?,36?,37-,38?,39?,40-,41-,42-,43-,44-,45+,46+,47-,48-,49-/m0/s1. The van der Waals surface area contributed by atoms with E-state index in [-0.39, 0.29) is 11.8 Å². The molecule has 7 aliphatic rings. The molecular weight excluding hydrogens is 1270 g/mol. The maximum absolute atomic E-state index is 12.8. The summed E-state index contributed by atoms with van der Waals surface area (Å²) in [5, 5.41) is 222. The van der Waals surface area contributed by atoms with E-state index in [4.69, 9.17) is 61.6 Å². The van der Waals surface area contributed by atoms with Gasteiger partial charge >= 0.3 is 0 Å². The molecule has 7 heterocycles. The molecule has 0 aliphatic carbocycles. The number of aliphatic hydroxyl groups excluding tert-OH is 20. The van der Waals surface area contributed by atoms with Gasteiger partial charge in [0.1, 0.15) is 171 Å². The lowest BCUT2D eigenvalue weighted by molar-refractivity contribution is -0.387. The van der Waals surface area contributed by atoms with E-state index in [2.05, 4.69) is 26.6 Å². The van der Waals surface area contributed by atoms with Gasteiger partial charge in [-0.05, 0) is 0 Å². The number of nitrogens with one attached hydrogen (secondary N) is 2. The van der Waals surface area contributed by atoms with Crippen LogP contribution in [0.2, 0.25) is 0 Å². The van der Waals surface area contributed by atoms with Crippen molar-refractivity contribution in [3.63, 3.8) is 0 Å². The van der Waals surface area contributed by atoms with Gasteiger partial charge in [-0.2, -0.15) is 0 Å². The molecule has 0 aromatic rings. The van der Waals surface area contributed by atoms with Gasteiger partial charge < -0.3 is 174 Å². The Bertz CT molecular complexity index is 2200. The number of amides is 2. The number of alkyl halides is 1. The molecule has 0 spiro atoms. The predicted octanol–water partition coefficient (Wildman–Crippen LogP) is -14.6. The van der Waals surface area contributed by atoms with Gasteiger partial charge in [-0.1, -0.05) is 15.9 Å². The van der Waals surface area contributed by atoms with Gasteiger partial charge in [0.25, 0.3) is 0 Å². The van der Waals surface area contributed by atoms with Crippen molar-refractivity contribution in [2.24, 2.45) is 0 Å². The third kappa shape index (κ3) is 16.3. The molecule has 0 bridgehead atoms. The number of aliphatic hydroxyl groups is 20. The molecular formula is C49H81BrN2O36. The van der Waals surface area contributed by atoms with Crippen LogP contribution in [-0.4, -0.2) is 386 Å². The highest BCUT2D eigenvalue weighted by Crippen LogP contribution is 2.37. The fourth-order valence-electron chi connectivity index (χ4n) is 11.2. The van der Waals surface area contributed by atoms with Crippen LogP contribution >= 0.6 is 15.9 Å². The first-order valence-electron chi connectivity index (χ1n) is 28.0. The second-order valence-corrected chi connectivity index (χ2v) is 22.7. The third-order valence-electron chi connectivity index (χ3n) is 16.0. The normalized spacial score (nSPS) is 48.6. The summed E-state index contributed by atoms with van der Waals surface area (Å²) in [7, 11) is 0. The van der Waals surface area contributed by atoms with Crippen LogP contribution in [0.5, 0.6) is 0 Å². The minimum absolute atomic E-state index is 0.138. The fourth-order valence-corrected chi connectivity index (χ4v) is 11.4. The highest BCUT2D eigenvalue weighted by molar-refractivity contribution is 9.09. The summed E-state index contributed by atoms with van der Waals surface area (Å²) in [6, 6.07) is -3.17. The molecule has 22 N–H and O–H groups in total. The molecule has 0 radical (unpaired) electrons. The molecule has 14 unspecified atom stereocenters. The number of ether oxygens (including phenoxy) is 13. The van der Waals surface area contributed by atoms with E-state index < -0.39 is 278 Å². The van der Waals surface area contributed by atoms with Crippen LogP contribution in [0, 0.1) is 0 Å². The number of Topliss-reactive ketones (excluding diaryl/α,β-unsaturated/α-hetero) is 1. The Morgan fingerprint density at radius 3 is 1.09 bits per heavy atom. The molecule has 88 heavy (non-hydrogen) atoms. The monoisotopic (exact) mass is 1350 g/mol. The zero-order chi connectivity index (χ0) is 64.9. The van der Waals surface area contributed by atoms with E-state index in [1.165, 1.54) is 0 Å². The zero-order valence-corrected chi connectivity index (χ0v) is 48.5. The van der Waals surface area contributed by atoms with Crippen molar-refractivity contribution in [1.82, 2.24) is 10.6 Å². The van der Waals surface area contributed by atoms with E-state index in [1.807, 2.05) is 0 Å². The zero-order valence-electron chi connectivity index (χ0n) is 46.9. The van der Waals surface area contributed by atoms with Crippen LogP contribution in [0.15, 0.2) is 0 Å². The molecule has 7 aliphatic heterocycles. The van der Waals surface area contributed by atoms with Crippen molar-refractivity contribution in [1.29, 1.82) is 0 Å². The van der Waals surface area contributed by atoms with Crippen LogP contribution in [0.3, 0.4) is 0 Å². The highest BCUT2D eigenvalue weighted by atomic mass is 79.9. The molecule has 2 amide bonds. The Balaban J connectivity index is 1.17. The Labute approximate surface area is 507 Å². The number of rotatable bonds is 24. The molecule has 0 aromatic heterocycles. The number of ketones is 1. The van der Waals surface area contributed by atoms with Crippen molar-refractivity contribution in [2.45, 2.75) is 235 Å². The van der Waals surface area contributed by atoms with Crippen molar-refractivity contribution in [3.8, 4) is 0 Å². The number of hydrogen-bond acceptors (Lipinski definition) is 36. The molecule has 35 atom stereocenters. The summed E-state index contributed by atoms with van der Waals surface area (Å²) in [5.41, 5.74) is 0. The smallest absolute Gasteiger partial charge is 0.217 e. The first-order valence-corrected chi connectivity index (χ1v) is 29.1. The SMILES string of the molecule is CC(=O)NC1[C@H](O[C@H]2C(CO)O[C@@H](CC(=O)CBr)C(NC(C)=O)[C@H]2O)OC(CO)[C@H](O[C@@H]2OC(CO[C@@H]3OC(CO[C@@H]4OC(CO)[C@H](O)[C@H](O)C4O)[C@H](O)[C@H](O[C@@H]4OC(CO)[C@H](O)[C@H](O)C4O)C3O)[C@H](O)[C@H](O[C@@H]3OC(CO)[C@H](O)C(O)[C@@H]3O)C2O)[C@@H]1O. The number of hydrogen-bond donors (Lipinski definition) is 22. The topological polar surface area (TPSA) is 600 Å². The molecule has 510 valence electrons. The van der Waals surface area contributed by atoms with E-state index >= 15 is 0 Å². The van der Waals surface area contributed by atoms with E-state index in [9.17, 15) is 117 Å². The Morgan fingerprint density at radius 2 is 0.659 bits per heavy atom. The second kappa shape index (κ2) is 32.3. The van der Waals surface area contributed by atoms with Crippen molar-refractivity contribution >= 4 is 33.5 Å². The first-order chi connectivity index (χ1) is 41.6. The lowest BCUT2D eigenvalue weighted by Crippen LogP contribution is -2.70. The average Bonchev–Trinajstić information content (AvgIpc) is 1.03. The molecule has 7 rings (SSSR count). The van der Waals surface area contributed by atoms with Crippen molar-refractivity contribution < 1.29 is 178 Å². The van der Waals surface area contributed by atoms with Crippen LogP contribution in [0.4, 0.5) is 0 Å². The average molecular weight is 1350 g/mol. The first kappa shape index (κ1) is 73.2. The summed E-state index contributed by atoms with van der Waals surface area (Å²) < 4.78 is 75.3. The molecule has 0 aromatic carbocycles. The van der Waals surface area contributed by atoms with Gasteiger partial charge in [-0.25, -0.2) is 0 Å². The van der Waals surface area contributed by atoms with Gasteiger partial charge in [0.05, 0.1) is 63.7 Å². The summed E-state index contributed by atoms with van der Waals surface area (Å²) in [6.45, 7) is -4.69. The molecule has 7 fully saturated rings. The summed E-state index contributed by atoms with van der Waals surface area (Å²) in [4.78, 5) is 37.6. The minimum Gasteiger partial charge on any atom is -0.394 e. The van der Waals surface area contributed by atoms with Gasteiger partial charge in [0, 0.05) is 20.3 Å². The molecule has 0 saturated carbocycles. The van der Waals surface area contributed by atoms with Crippen molar-refractivity contribution in [2.75, 3.05) is 51.6 Å². The van der Waals surface area contributed by atoms with Crippen LogP contribution in [0.25, 0.3) is 0 Å². The highest BCUT2D eigenvalue weighted by Gasteiger charge is 2.58. The van der Waals surface area contributed by atoms with Gasteiger partial charge in [-0.15, -0.1) is 0 Å². The third-order valence-corrected chi connectivity index (χ3v) is 16.6. The van der Waals surface area contributed by atoms with Crippen LogP contribution < -0.4 is 10.6 Å². The predicted molar refractivity (Wildman–Crippen MR) is 276 cm³/mol. The molecule has 39 heteroatoms. The number of carbonyl (C=O) groups is 3. The minimum atomic E-state index is -2.35. The lowest BCUT2D eigenvalue weighted by atomic mass is 9.89. The van der Waals surface area contributed by atoms with Crippen LogP contribution in [0.1, 0.15) is 20.3 Å². The van der Waals surface area contributed by atoms with Gasteiger partial charge in [-0.3, -0.25) is 14.4 Å². The molecule has 38 nitrogen and oxygen atoms in total. The van der Waals surface area contributed by atoms with Gasteiger partial charge in [0.15, 0.2) is 37.7 Å². The maximum atomic E-state index is 12.8. The summed E-state index contributed by atoms with van der Waals surface area (Å²) in [6.07, 6.45) is -64.7. The summed E-state index contributed by atoms with van der Waals surface area (Å²) >= 11 is 3.04. The number of carbonyl (C=O) groups excluding carboxylic acids is 3. The van der Waals surface area contributed by atoms with E-state index in [0.717, 1.165) is 13.8 Å². The Hall–Kier alpha value is -2.23. The van der Waals surface area contributed by atoms with Crippen molar-refractivity contribution in [3.05, 3.63) is 0 Å². The number of halogens is 1. The van der Waals surface area contributed by atoms with E-state index in [0.29, 0.717) is 0 Å².